The lowest BCUT2D eigenvalue weighted by molar-refractivity contribution is -0.148. The Bertz CT molecular complexity index is 927. The van der Waals surface area contributed by atoms with Crippen LogP contribution in [-0.2, 0) is 20.9 Å². The number of anilines is 1. The van der Waals surface area contributed by atoms with Crippen LogP contribution in [0.15, 0.2) is 22.8 Å². The molecule has 3 N–H and O–H groups in total. The van der Waals surface area contributed by atoms with Crippen LogP contribution in [-0.4, -0.2) is 30.5 Å². The number of furan rings is 1. The summed E-state index contributed by atoms with van der Waals surface area (Å²) in [4.78, 5) is 37.0. The summed E-state index contributed by atoms with van der Waals surface area (Å²) >= 11 is 0.896. The number of carbonyl (C=O) groups excluding carboxylic acids is 3. The molecule has 29 heavy (non-hydrogen) atoms. The lowest BCUT2D eigenvalue weighted by Gasteiger charge is -2.20. The van der Waals surface area contributed by atoms with Crippen LogP contribution in [0.2, 0.25) is 0 Å². The highest BCUT2D eigenvalue weighted by Gasteiger charge is 2.29. The van der Waals surface area contributed by atoms with E-state index in [9.17, 15) is 19.6 Å². The third kappa shape index (κ3) is 5.14. The number of nitriles is 1. The van der Waals surface area contributed by atoms with Crippen LogP contribution in [0, 0.1) is 17.2 Å². The van der Waals surface area contributed by atoms with E-state index in [1.807, 2.05) is 6.07 Å². The van der Waals surface area contributed by atoms with Crippen molar-refractivity contribution in [2.75, 3.05) is 12.3 Å². The first-order chi connectivity index (χ1) is 13.8. The number of thiophene rings is 1. The number of nitrogen functional groups attached to an aromatic ring is 1. The molecule has 0 unspecified atom stereocenters. The van der Waals surface area contributed by atoms with Gasteiger partial charge in [-0.05, 0) is 25.0 Å². The summed E-state index contributed by atoms with van der Waals surface area (Å²) in [6.45, 7) is 4.91. The monoisotopic (exact) mass is 419 g/mol. The molecule has 154 valence electrons. The first kappa shape index (κ1) is 22.0. The van der Waals surface area contributed by atoms with Gasteiger partial charge in [-0.25, -0.2) is 9.59 Å². The summed E-state index contributed by atoms with van der Waals surface area (Å²) in [6, 6.07) is 3.98. The SMILES string of the molecule is CCOC(=O)c1sc(N)c(C#N)c1COC(=O)[C@@H](NC(=O)c1ccco1)C(C)C. The Labute approximate surface area is 171 Å². The van der Waals surface area contributed by atoms with E-state index in [-0.39, 0.29) is 45.9 Å². The van der Waals surface area contributed by atoms with E-state index in [1.165, 1.54) is 12.3 Å². The highest BCUT2D eigenvalue weighted by atomic mass is 32.1. The number of nitrogens with two attached hydrogens (primary N) is 1. The molecule has 0 aromatic carbocycles. The lowest BCUT2D eigenvalue weighted by Crippen LogP contribution is -2.45. The van der Waals surface area contributed by atoms with Crippen molar-refractivity contribution in [1.82, 2.24) is 5.32 Å². The lowest BCUT2D eigenvalue weighted by atomic mass is 10.0. The van der Waals surface area contributed by atoms with Crippen molar-refractivity contribution in [3.63, 3.8) is 0 Å². The molecule has 2 aromatic rings. The van der Waals surface area contributed by atoms with E-state index in [1.54, 1.807) is 26.8 Å². The van der Waals surface area contributed by atoms with Gasteiger partial charge in [0.2, 0.25) is 0 Å². The summed E-state index contributed by atoms with van der Waals surface area (Å²) in [7, 11) is 0. The zero-order chi connectivity index (χ0) is 21.6. The maximum Gasteiger partial charge on any atom is 0.348 e. The van der Waals surface area contributed by atoms with Gasteiger partial charge in [0.25, 0.3) is 5.91 Å². The molecule has 0 saturated heterocycles. The van der Waals surface area contributed by atoms with Crippen LogP contribution in [0.3, 0.4) is 0 Å². The molecule has 0 spiro atoms. The number of ether oxygens (including phenoxy) is 2. The molecule has 0 saturated carbocycles. The number of amides is 1. The highest BCUT2D eigenvalue weighted by molar-refractivity contribution is 7.18. The van der Waals surface area contributed by atoms with Gasteiger partial charge in [-0.15, -0.1) is 11.3 Å². The van der Waals surface area contributed by atoms with Gasteiger partial charge in [0.1, 0.15) is 28.6 Å². The Kier molecular flexibility index (Phi) is 7.39. The number of hydrogen-bond donors (Lipinski definition) is 2. The zero-order valence-electron chi connectivity index (χ0n) is 16.2. The Morgan fingerprint density at radius 3 is 2.62 bits per heavy atom. The number of carbonyl (C=O) groups is 3. The van der Waals surface area contributed by atoms with E-state index < -0.39 is 23.9 Å². The molecule has 0 radical (unpaired) electrons. The van der Waals surface area contributed by atoms with Crippen molar-refractivity contribution in [3.05, 3.63) is 40.2 Å². The molecule has 0 bridgehead atoms. The van der Waals surface area contributed by atoms with Crippen molar-refractivity contribution in [1.29, 1.82) is 5.26 Å². The van der Waals surface area contributed by atoms with E-state index in [2.05, 4.69) is 5.32 Å². The molecule has 9 nitrogen and oxygen atoms in total. The minimum atomic E-state index is -0.958. The molecule has 0 aliphatic rings. The molecule has 2 aromatic heterocycles. The maximum atomic E-state index is 12.6. The van der Waals surface area contributed by atoms with Gasteiger partial charge in [0.05, 0.1) is 18.4 Å². The fourth-order valence-corrected chi connectivity index (χ4v) is 3.37. The van der Waals surface area contributed by atoms with Crippen molar-refractivity contribution in [2.45, 2.75) is 33.4 Å². The largest absolute Gasteiger partial charge is 0.462 e. The van der Waals surface area contributed by atoms with Crippen LogP contribution < -0.4 is 11.1 Å². The molecule has 2 rings (SSSR count). The van der Waals surface area contributed by atoms with Gasteiger partial charge >= 0.3 is 11.9 Å². The molecule has 2 heterocycles. The van der Waals surface area contributed by atoms with E-state index in [4.69, 9.17) is 19.6 Å². The van der Waals surface area contributed by atoms with E-state index in [0.29, 0.717) is 0 Å². The Morgan fingerprint density at radius 2 is 2.07 bits per heavy atom. The predicted octanol–water partition coefficient (Wildman–Crippen LogP) is 2.47. The summed E-state index contributed by atoms with van der Waals surface area (Å²) in [6.07, 6.45) is 1.35. The highest BCUT2D eigenvalue weighted by Crippen LogP contribution is 2.32. The van der Waals surface area contributed by atoms with Gasteiger partial charge in [-0.3, -0.25) is 4.79 Å². The summed E-state index contributed by atoms with van der Waals surface area (Å²) in [5.74, 6) is -2.15. The number of rotatable bonds is 8. The van der Waals surface area contributed by atoms with Crippen LogP contribution in [0.25, 0.3) is 0 Å². The van der Waals surface area contributed by atoms with Gasteiger partial charge < -0.3 is 24.9 Å². The standard InChI is InChI=1S/C19H21N3O6S/c1-4-26-19(25)15-12(11(8-20)16(21)29-15)9-28-18(24)14(10(2)3)22-17(23)13-6-5-7-27-13/h5-7,10,14H,4,9,21H2,1-3H3,(H,22,23)/t14-/m0/s1. The average Bonchev–Trinajstić information content (AvgIpc) is 3.31. The first-order valence-corrected chi connectivity index (χ1v) is 9.61. The molecule has 0 aliphatic heterocycles. The van der Waals surface area contributed by atoms with Crippen molar-refractivity contribution in [2.24, 2.45) is 5.92 Å². The maximum absolute atomic E-state index is 12.6. The first-order valence-electron chi connectivity index (χ1n) is 8.79. The topological polar surface area (TPSA) is 145 Å². The second-order valence-corrected chi connectivity index (χ2v) is 7.31. The fourth-order valence-electron chi connectivity index (χ4n) is 2.46. The molecule has 1 atom stereocenters. The zero-order valence-corrected chi connectivity index (χ0v) is 17.0. The summed E-state index contributed by atoms with van der Waals surface area (Å²) in [5, 5.41) is 12.0. The number of hydrogen-bond acceptors (Lipinski definition) is 9. The molecular formula is C19H21N3O6S. The number of nitrogens with one attached hydrogen (secondary N) is 1. The van der Waals surface area contributed by atoms with Gasteiger partial charge in [0, 0.05) is 5.56 Å². The van der Waals surface area contributed by atoms with Crippen molar-refractivity contribution >= 4 is 34.2 Å². The molecular weight excluding hydrogens is 398 g/mol. The molecule has 0 fully saturated rings. The van der Waals surface area contributed by atoms with Gasteiger partial charge in [0.15, 0.2) is 5.76 Å². The van der Waals surface area contributed by atoms with Crippen molar-refractivity contribution in [3.8, 4) is 6.07 Å². The summed E-state index contributed by atoms with van der Waals surface area (Å²) in [5.41, 5.74) is 6.05. The minimum absolute atomic E-state index is 0.0606. The smallest absolute Gasteiger partial charge is 0.348 e. The molecule has 1 amide bonds. The van der Waals surface area contributed by atoms with Gasteiger partial charge in [-0.1, -0.05) is 13.8 Å². The van der Waals surface area contributed by atoms with E-state index in [0.717, 1.165) is 11.3 Å². The molecule has 10 heteroatoms. The Morgan fingerprint density at radius 1 is 1.34 bits per heavy atom. The molecule has 0 aliphatic carbocycles. The number of nitrogens with zero attached hydrogens (tertiary/aromatic N) is 1. The second-order valence-electron chi connectivity index (χ2n) is 6.26. The second kappa shape index (κ2) is 9.75. The third-order valence-electron chi connectivity index (χ3n) is 3.92. The van der Waals surface area contributed by atoms with Crippen LogP contribution in [0.1, 0.15) is 52.1 Å². The van der Waals surface area contributed by atoms with Crippen LogP contribution in [0.4, 0.5) is 5.00 Å². The van der Waals surface area contributed by atoms with Crippen LogP contribution >= 0.6 is 11.3 Å². The minimum Gasteiger partial charge on any atom is -0.462 e. The normalized spacial score (nSPS) is 11.6. The van der Waals surface area contributed by atoms with Crippen molar-refractivity contribution < 1.29 is 28.3 Å². The quantitative estimate of drug-likeness (QED) is 0.621. The third-order valence-corrected chi connectivity index (χ3v) is 4.96. The Hall–Kier alpha value is -3.32. The van der Waals surface area contributed by atoms with E-state index >= 15 is 0 Å². The fraction of sp³-hybridized carbons (Fsp3) is 0.368. The summed E-state index contributed by atoms with van der Waals surface area (Å²) < 4.78 is 15.3. The predicted molar refractivity (Wildman–Crippen MR) is 104 cm³/mol. The van der Waals surface area contributed by atoms with Gasteiger partial charge in [-0.2, -0.15) is 5.26 Å². The Balaban J connectivity index is 2.16. The number of esters is 2. The van der Waals surface area contributed by atoms with Crippen LogP contribution in [0.5, 0.6) is 0 Å². The average molecular weight is 419 g/mol.